The van der Waals surface area contributed by atoms with Crippen molar-refractivity contribution in [3.63, 3.8) is 0 Å². The van der Waals surface area contributed by atoms with Gasteiger partial charge in [0.25, 0.3) is 0 Å². The summed E-state index contributed by atoms with van der Waals surface area (Å²) in [6, 6.07) is 3.28. The van der Waals surface area contributed by atoms with Crippen molar-refractivity contribution in [2.75, 3.05) is 13.1 Å². The van der Waals surface area contributed by atoms with Gasteiger partial charge in [0.15, 0.2) is 11.5 Å². The van der Waals surface area contributed by atoms with Crippen molar-refractivity contribution in [1.82, 2.24) is 5.32 Å². The average Bonchev–Trinajstić information content (AvgIpc) is 2.26. The summed E-state index contributed by atoms with van der Waals surface area (Å²) >= 11 is 3.42. The van der Waals surface area contributed by atoms with Crippen LogP contribution in [0.1, 0.15) is 24.3 Å². The molecule has 2 rings (SSSR count). The standard InChI is InChI=1S/C11H14BrNO2/c12-8-3-4-9(14)11(15)10(8)7-2-1-5-13-6-7/h3-4,7,13-15H,1-2,5-6H2. The van der Waals surface area contributed by atoms with Gasteiger partial charge in [-0.05, 0) is 31.5 Å². The van der Waals surface area contributed by atoms with E-state index >= 15 is 0 Å². The Hall–Kier alpha value is -0.740. The average molecular weight is 272 g/mol. The van der Waals surface area contributed by atoms with Crippen molar-refractivity contribution in [2.45, 2.75) is 18.8 Å². The van der Waals surface area contributed by atoms with E-state index < -0.39 is 0 Å². The number of aromatic hydroxyl groups is 2. The van der Waals surface area contributed by atoms with E-state index in [2.05, 4.69) is 21.2 Å². The molecule has 15 heavy (non-hydrogen) atoms. The molecule has 4 heteroatoms. The van der Waals surface area contributed by atoms with E-state index in [1.165, 1.54) is 6.07 Å². The van der Waals surface area contributed by atoms with E-state index in [0.29, 0.717) is 0 Å². The lowest BCUT2D eigenvalue weighted by molar-refractivity contribution is 0.384. The van der Waals surface area contributed by atoms with Gasteiger partial charge in [-0.3, -0.25) is 0 Å². The molecule has 1 atom stereocenters. The minimum absolute atomic E-state index is 0.0121. The molecule has 0 bridgehead atoms. The highest BCUT2D eigenvalue weighted by molar-refractivity contribution is 9.10. The number of hydrogen-bond acceptors (Lipinski definition) is 3. The first-order valence-electron chi connectivity index (χ1n) is 5.11. The molecule has 0 radical (unpaired) electrons. The Morgan fingerprint density at radius 3 is 2.80 bits per heavy atom. The molecule has 1 unspecified atom stereocenters. The lowest BCUT2D eigenvalue weighted by Gasteiger charge is -2.24. The number of piperidine rings is 1. The van der Waals surface area contributed by atoms with Crippen LogP contribution in [0.2, 0.25) is 0 Å². The van der Waals surface area contributed by atoms with Crippen molar-refractivity contribution in [3.05, 3.63) is 22.2 Å². The van der Waals surface area contributed by atoms with Crippen molar-refractivity contribution in [3.8, 4) is 11.5 Å². The molecule has 3 N–H and O–H groups in total. The summed E-state index contributed by atoms with van der Waals surface area (Å²) in [4.78, 5) is 0. The summed E-state index contributed by atoms with van der Waals surface area (Å²) in [6.45, 7) is 1.89. The minimum Gasteiger partial charge on any atom is -0.504 e. The zero-order valence-electron chi connectivity index (χ0n) is 8.33. The van der Waals surface area contributed by atoms with Crippen LogP contribution in [0.15, 0.2) is 16.6 Å². The first kappa shape index (κ1) is 10.8. The summed E-state index contributed by atoms with van der Waals surface area (Å²) in [5.74, 6) is 0.247. The summed E-state index contributed by atoms with van der Waals surface area (Å²) in [7, 11) is 0. The molecule has 0 saturated carbocycles. The third-order valence-electron chi connectivity index (χ3n) is 2.85. The zero-order valence-corrected chi connectivity index (χ0v) is 9.92. The van der Waals surface area contributed by atoms with Crippen molar-refractivity contribution >= 4 is 15.9 Å². The maximum Gasteiger partial charge on any atom is 0.162 e. The van der Waals surface area contributed by atoms with E-state index in [0.717, 1.165) is 36.0 Å². The normalized spacial score (nSPS) is 21.5. The molecule has 1 heterocycles. The molecule has 1 saturated heterocycles. The second-order valence-electron chi connectivity index (χ2n) is 3.87. The molecule has 1 aliphatic rings. The maximum atomic E-state index is 9.82. The highest BCUT2D eigenvalue weighted by atomic mass is 79.9. The van der Waals surface area contributed by atoms with Crippen LogP contribution in [0.25, 0.3) is 0 Å². The van der Waals surface area contributed by atoms with Gasteiger partial charge in [0.2, 0.25) is 0 Å². The fourth-order valence-electron chi connectivity index (χ4n) is 2.06. The highest BCUT2D eigenvalue weighted by Crippen LogP contribution is 2.41. The number of phenols is 2. The number of phenolic OH excluding ortho intramolecular Hbond substituents is 2. The molecule has 1 aromatic carbocycles. The molecule has 0 spiro atoms. The predicted octanol–water partition coefficient (Wildman–Crippen LogP) is 2.33. The topological polar surface area (TPSA) is 52.5 Å². The van der Waals surface area contributed by atoms with Gasteiger partial charge in [0, 0.05) is 22.5 Å². The van der Waals surface area contributed by atoms with Gasteiger partial charge in [-0.25, -0.2) is 0 Å². The first-order chi connectivity index (χ1) is 7.20. The van der Waals surface area contributed by atoms with Gasteiger partial charge in [0.05, 0.1) is 0 Å². The van der Waals surface area contributed by atoms with E-state index in [9.17, 15) is 10.2 Å². The fourth-order valence-corrected chi connectivity index (χ4v) is 2.70. The van der Waals surface area contributed by atoms with Gasteiger partial charge in [0.1, 0.15) is 0 Å². The lowest BCUT2D eigenvalue weighted by atomic mass is 9.91. The van der Waals surface area contributed by atoms with Crippen molar-refractivity contribution < 1.29 is 10.2 Å². The van der Waals surface area contributed by atoms with E-state index in [4.69, 9.17) is 0 Å². The van der Waals surface area contributed by atoms with Gasteiger partial charge in [-0.2, -0.15) is 0 Å². The van der Waals surface area contributed by atoms with Gasteiger partial charge in [-0.1, -0.05) is 15.9 Å². The zero-order chi connectivity index (χ0) is 10.8. The van der Waals surface area contributed by atoms with Gasteiger partial charge in [-0.15, -0.1) is 0 Å². The van der Waals surface area contributed by atoms with Crippen molar-refractivity contribution in [2.24, 2.45) is 0 Å². The Morgan fingerprint density at radius 1 is 1.33 bits per heavy atom. The lowest BCUT2D eigenvalue weighted by Crippen LogP contribution is -2.28. The molecule has 1 fully saturated rings. The Bertz CT molecular complexity index is 362. The van der Waals surface area contributed by atoms with Crippen LogP contribution >= 0.6 is 15.9 Å². The Morgan fingerprint density at radius 2 is 2.13 bits per heavy atom. The summed E-state index contributed by atoms with van der Waals surface area (Å²) < 4.78 is 0.867. The maximum absolute atomic E-state index is 9.82. The summed E-state index contributed by atoms with van der Waals surface area (Å²) in [5, 5.41) is 22.6. The predicted molar refractivity (Wildman–Crippen MR) is 62.3 cm³/mol. The van der Waals surface area contributed by atoms with E-state index in [1.54, 1.807) is 6.07 Å². The molecule has 82 valence electrons. The quantitative estimate of drug-likeness (QED) is 0.688. The van der Waals surface area contributed by atoms with Crippen LogP contribution in [-0.2, 0) is 0 Å². The number of nitrogens with one attached hydrogen (secondary N) is 1. The minimum atomic E-state index is -0.0428. The third kappa shape index (κ3) is 2.11. The monoisotopic (exact) mass is 271 g/mol. The molecular weight excluding hydrogens is 258 g/mol. The van der Waals surface area contributed by atoms with Crippen LogP contribution in [0.5, 0.6) is 11.5 Å². The fraction of sp³-hybridized carbons (Fsp3) is 0.455. The second-order valence-corrected chi connectivity index (χ2v) is 4.73. The number of halogens is 1. The van der Waals surface area contributed by atoms with Crippen LogP contribution in [0, 0.1) is 0 Å². The molecule has 0 amide bonds. The number of hydrogen-bond donors (Lipinski definition) is 3. The molecule has 1 aromatic rings. The molecule has 1 aliphatic heterocycles. The van der Waals surface area contributed by atoms with Crippen LogP contribution in [0.3, 0.4) is 0 Å². The van der Waals surface area contributed by atoms with Gasteiger partial charge < -0.3 is 15.5 Å². The molecular formula is C11H14BrNO2. The van der Waals surface area contributed by atoms with Gasteiger partial charge >= 0.3 is 0 Å². The van der Waals surface area contributed by atoms with E-state index in [1.807, 2.05) is 0 Å². The molecule has 0 aliphatic carbocycles. The third-order valence-corrected chi connectivity index (χ3v) is 3.54. The molecule has 0 aromatic heterocycles. The first-order valence-corrected chi connectivity index (χ1v) is 5.90. The molecule has 3 nitrogen and oxygen atoms in total. The Balaban J connectivity index is 2.36. The Labute approximate surface area is 97.3 Å². The smallest absolute Gasteiger partial charge is 0.162 e. The number of rotatable bonds is 1. The highest BCUT2D eigenvalue weighted by Gasteiger charge is 2.22. The van der Waals surface area contributed by atoms with Crippen LogP contribution in [0.4, 0.5) is 0 Å². The Kier molecular flexibility index (Phi) is 3.17. The van der Waals surface area contributed by atoms with E-state index in [-0.39, 0.29) is 17.4 Å². The van der Waals surface area contributed by atoms with Crippen LogP contribution < -0.4 is 5.32 Å². The SMILES string of the molecule is Oc1ccc(Br)c(C2CCCNC2)c1O. The van der Waals surface area contributed by atoms with Crippen molar-refractivity contribution in [1.29, 1.82) is 0 Å². The number of benzene rings is 1. The largest absolute Gasteiger partial charge is 0.504 e. The van der Waals surface area contributed by atoms with Crippen LogP contribution in [-0.4, -0.2) is 23.3 Å². The summed E-state index contributed by atoms with van der Waals surface area (Å²) in [5.41, 5.74) is 0.821. The summed E-state index contributed by atoms with van der Waals surface area (Å²) in [6.07, 6.45) is 2.15. The second kappa shape index (κ2) is 4.41.